The Morgan fingerprint density at radius 2 is 1.81 bits per heavy atom. The molecular weight excluding hydrogens is 471 g/mol. The van der Waals surface area contributed by atoms with Gasteiger partial charge in [-0.25, -0.2) is 19.3 Å². The highest BCUT2D eigenvalue weighted by Gasteiger charge is 2.25. The van der Waals surface area contributed by atoms with E-state index in [0.29, 0.717) is 42.0 Å². The van der Waals surface area contributed by atoms with E-state index in [0.717, 1.165) is 17.8 Å². The molecule has 1 saturated heterocycles. The van der Waals surface area contributed by atoms with Crippen molar-refractivity contribution in [3.05, 3.63) is 47.1 Å². The van der Waals surface area contributed by atoms with Crippen LogP contribution in [0.4, 0.5) is 16.0 Å². The van der Waals surface area contributed by atoms with Crippen LogP contribution < -0.4 is 24.8 Å². The van der Waals surface area contributed by atoms with Gasteiger partial charge in [-0.3, -0.25) is 0 Å². The van der Waals surface area contributed by atoms with E-state index in [1.807, 2.05) is 12.1 Å². The number of hydrogen-bond acceptors (Lipinski definition) is 9. The second-order valence-electron chi connectivity index (χ2n) is 6.78. The lowest BCUT2D eigenvalue weighted by Gasteiger charge is -2.32. The topological polar surface area (TPSA) is 109 Å². The number of nitrogens with two attached hydrogens (primary N) is 1. The Kier molecular flexibility index (Phi) is 6.31. The van der Waals surface area contributed by atoms with Crippen LogP contribution in [0.3, 0.4) is 0 Å². The normalized spacial score (nSPS) is 14.4. The molecule has 9 nitrogen and oxygen atoms in total. The molecule has 162 valence electrons. The summed E-state index contributed by atoms with van der Waals surface area (Å²) >= 11 is 3.57. The quantitative estimate of drug-likeness (QED) is 0.553. The molecule has 4 rings (SSSR count). The second kappa shape index (κ2) is 9.29. The number of hydrogen-bond donors (Lipinski definition) is 1. The Morgan fingerprint density at radius 1 is 1.10 bits per heavy atom. The second-order valence-corrected chi connectivity index (χ2v) is 7.58. The van der Waals surface area contributed by atoms with Gasteiger partial charge in [-0.05, 0) is 40.2 Å². The van der Waals surface area contributed by atoms with Crippen LogP contribution >= 0.6 is 15.9 Å². The smallest absolute Gasteiger partial charge is 0.318 e. The average molecular weight is 491 g/mol. The van der Waals surface area contributed by atoms with Gasteiger partial charge in [0.25, 0.3) is 0 Å². The molecule has 0 unspecified atom stereocenters. The summed E-state index contributed by atoms with van der Waals surface area (Å²) in [5, 5.41) is 0. The van der Waals surface area contributed by atoms with E-state index in [-0.39, 0.29) is 17.9 Å². The van der Waals surface area contributed by atoms with Crippen LogP contribution in [-0.4, -0.2) is 46.2 Å². The summed E-state index contributed by atoms with van der Waals surface area (Å²) in [6, 6.07) is 7.32. The predicted molar refractivity (Wildman–Crippen MR) is 115 cm³/mol. The summed E-state index contributed by atoms with van der Waals surface area (Å²) in [4.78, 5) is 18.4. The fraction of sp³-hybridized carbons (Fsp3) is 0.300. The third-order valence-electron chi connectivity index (χ3n) is 4.78. The van der Waals surface area contributed by atoms with E-state index < -0.39 is 5.82 Å². The van der Waals surface area contributed by atoms with E-state index in [1.54, 1.807) is 19.2 Å². The lowest BCUT2D eigenvalue weighted by atomic mass is 10.1. The van der Waals surface area contributed by atoms with Gasteiger partial charge in [0.1, 0.15) is 34.2 Å². The Morgan fingerprint density at radius 3 is 2.48 bits per heavy atom. The SMILES string of the molecule is COc1ccc(Oc2ncnc(N3CCC(Oc4ncc(F)c(N)n4)CC3)c2Br)cc1. The van der Waals surface area contributed by atoms with E-state index >= 15 is 0 Å². The van der Waals surface area contributed by atoms with Crippen LogP contribution in [0.25, 0.3) is 0 Å². The molecular formula is C20H20BrFN6O3. The summed E-state index contributed by atoms with van der Waals surface area (Å²) in [5.41, 5.74) is 5.47. The highest BCUT2D eigenvalue weighted by molar-refractivity contribution is 9.10. The van der Waals surface area contributed by atoms with Crippen LogP contribution in [0.1, 0.15) is 12.8 Å². The molecule has 1 aromatic carbocycles. The first-order valence-corrected chi connectivity index (χ1v) is 10.3. The summed E-state index contributed by atoms with van der Waals surface area (Å²) in [7, 11) is 1.61. The maximum absolute atomic E-state index is 13.2. The Hall–Kier alpha value is -3.21. The minimum atomic E-state index is -0.663. The molecule has 0 atom stereocenters. The minimum Gasteiger partial charge on any atom is -0.497 e. The molecule has 2 aromatic heterocycles. The van der Waals surface area contributed by atoms with Gasteiger partial charge in [0.15, 0.2) is 11.6 Å². The predicted octanol–water partition coefficient (Wildman–Crippen LogP) is 3.60. The van der Waals surface area contributed by atoms with Crippen molar-refractivity contribution in [1.29, 1.82) is 0 Å². The van der Waals surface area contributed by atoms with Crippen molar-refractivity contribution in [2.24, 2.45) is 0 Å². The first-order chi connectivity index (χ1) is 15.0. The molecule has 0 amide bonds. The number of anilines is 2. The van der Waals surface area contributed by atoms with E-state index in [2.05, 4.69) is 40.8 Å². The van der Waals surface area contributed by atoms with Gasteiger partial charge in [-0.1, -0.05) is 0 Å². The third kappa shape index (κ3) is 4.93. The molecule has 0 saturated carbocycles. The average Bonchev–Trinajstić information content (AvgIpc) is 2.79. The fourth-order valence-corrected chi connectivity index (χ4v) is 3.68. The molecule has 0 radical (unpaired) electrons. The molecule has 11 heteroatoms. The number of rotatable bonds is 6. The van der Waals surface area contributed by atoms with Crippen molar-refractivity contribution in [1.82, 2.24) is 19.9 Å². The molecule has 1 aliphatic rings. The largest absolute Gasteiger partial charge is 0.497 e. The van der Waals surface area contributed by atoms with Crippen molar-refractivity contribution >= 4 is 27.6 Å². The molecule has 3 heterocycles. The Bertz CT molecular complexity index is 1050. The van der Waals surface area contributed by atoms with Crippen LogP contribution in [0, 0.1) is 5.82 Å². The van der Waals surface area contributed by atoms with Crippen molar-refractivity contribution in [3.8, 4) is 23.4 Å². The number of piperidine rings is 1. The first-order valence-electron chi connectivity index (χ1n) is 9.55. The lowest BCUT2D eigenvalue weighted by Crippen LogP contribution is -2.39. The number of ether oxygens (including phenoxy) is 3. The zero-order valence-corrected chi connectivity index (χ0v) is 18.2. The number of methoxy groups -OCH3 is 1. The van der Waals surface area contributed by atoms with Gasteiger partial charge in [0, 0.05) is 25.9 Å². The van der Waals surface area contributed by atoms with Crippen molar-refractivity contribution < 1.29 is 18.6 Å². The van der Waals surface area contributed by atoms with Gasteiger partial charge < -0.3 is 24.8 Å². The molecule has 1 aliphatic heterocycles. The van der Waals surface area contributed by atoms with Gasteiger partial charge in [0.05, 0.1) is 13.3 Å². The van der Waals surface area contributed by atoms with Crippen molar-refractivity contribution in [2.75, 3.05) is 30.8 Å². The van der Waals surface area contributed by atoms with Gasteiger partial charge in [-0.2, -0.15) is 4.98 Å². The van der Waals surface area contributed by atoms with E-state index in [9.17, 15) is 4.39 Å². The lowest BCUT2D eigenvalue weighted by molar-refractivity contribution is 0.156. The van der Waals surface area contributed by atoms with Crippen molar-refractivity contribution in [2.45, 2.75) is 18.9 Å². The van der Waals surface area contributed by atoms with E-state index in [4.69, 9.17) is 19.9 Å². The van der Waals surface area contributed by atoms with Crippen LogP contribution in [0.15, 0.2) is 41.3 Å². The number of halogens is 2. The number of benzene rings is 1. The van der Waals surface area contributed by atoms with Crippen LogP contribution in [0.2, 0.25) is 0 Å². The van der Waals surface area contributed by atoms with Gasteiger partial charge in [0.2, 0.25) is 5.88 Å². The Labute approximate surface area is 186 Å². The summed E-state index contributed by atoms with van der Waals surface area (Å²) in [6.07, 6.45) is 3.81. The summed E-state index contributed by atoms with van der Waals surface area (Å²) in [6.45, 7) is 1.39. The van der Waals surface area contributed by atoms with Gasteiger partial charge >= 0.3 is 6.01 Å². The van der Waals surface area contributed by atoms with Gasteiger partial charge in [-0.15, -0.1) is 0 Å². The standard InChI is InChI=1S/C20H20BrFN6O3/c1-29-12-2-4-13(5-3-12)30-19-16(21)18(25-11-26-19)28-8-6-14(7-9-28)31-20-24-10-15(22)17(23)27-20/h2-5,10-11,14H,6-9H2,1H3,(H2,23,24,27). The monoisotopic (exact) mass is 490 g/mol. The van der Waals surface area contributed by atoms with E-state index in [1.165, 1.54) is 6.33 Å². The molecule has 0 aliphatic carbocycles. The molecule has 31 heavy (non-hydrogen) atoms. The Balaban J connectivity index is 1.40. The molecule has 3 aromatic rings. The zero-order valence-electron chi connectivity index (χ0n) is 16.7. The maximum atomic E-state index is 13.2. The highest BCUT2D eigenvalue weighted by Crippen LogP contribution is 2.35. The third-order valence-corrected chi connectivity index (χ3v) is 5.47. The van der Waals surface area contributed by atoms with Crippen LogP contribution in [0.5, 0.6) is 23.4 Å². The zero-order chi connectivity index (χ0) is 21.8. The number of nitrogens with zero attached hydrogens (tertiary/aromatic N) is 5. The van der Waals surface area contributed by atoms with Crippen LogP contribution in [-0.2, 0) is 0 Å². The molecule has 0 bridgehead atoms. The fourth-order valence-electron chi connectivity index (χ4n) is 3.15. The molecule has 0 spiro atoms. The first kappa shape index (κ1) is 21.0. The number of nitrogen functional groups attached to an aromatic ring is 1. The summed E-state index contributed by atoms with van der Waals surface area (Å²) in [5.74, 6) is 1.65. The number of aromatic nitrogens is 4. The molecule has 1 fully saturated rings. The van der Waals surface area contributed by atoms with Crippen molar-refractivity contribution in [3.63, 3.8) is 0 Å². The summed E-state index contributed by atoms with van der Waals surface area (Å²) < 4.78 is 30.7. The highest BCUT2D eigenvalue weighted by atomic mass is 79.9. The maximum Gasteiger partial charge on any atom is 0.318 e. The molecule has 2 N–H and O–H groups in total. The minimum absolute atomic E-state index is 0.0794.